The third-order valence-corrected chi connectivity index (χ3v) is 3.80. The molecule has 1 aromatic heterocycles. The first-order valence-electron chi connectivity index (χ1n) is 6.10. The fraction of sp³-hybridized carbons (Fsp3) is 0.583. The van der Waals surface area contributed by atoms with E-state index < -0.39 is 0 Å². The molecular weight excluding hydrogens is 250 g/mol. The predicted octanol–water partition coefficient (Wildman–Crippen LogP) is 1.08. The zero-order valence-electron chi connectivity index (χ0n) is 10.6. The SMILES string of the molecule is CCCN1C(=O)CC(NCc2cnc(C)s2)C1=O. The summed E-state index contributed by atoms with van der Waals surface area (Å²) in [5.41, 5.74) is 0. The molecule has 0 saturated carbocycles. The average molecular weight is 267 g/mol. The van der Waals surface area contributed by atoms with Gasteiger partial charge in [-0.3, -0.25) is 14.5 Å². The molecule has 0 radical (unpaired) electrons. The predicted molar refractivity (Wildman–Crippen MR) is 69.1 cm³/mol. The van der Waals surface area contributed by atoms with Crippen LogP contribution in [0.15, 0.2) is 6.20 Å². The molecular formula is C12H17N3O2S. The number of likely N-dealkylation sites (tertiary alicyclic amines) is 1. The van der Waals surface area contributed by atoms with Crippen molar-refractivity contribution >= 4 is 23.2 Å². The fourth-order valence-corrected chi connectivity index (χ4v) is 2.76. The molecule has 1 atom stereocenters. The highest BCUT2D eigenvalue weighted by Crippen LogP contribution is 2.16. The highest BCUT2D eigenvalue weighted by Gasteiger charge is 2.37. The number of carbonyl (C=O) groups excluding carboxylic acids is 2. The van der Waals surface area contributed by atoms with Crippen molar-refractivity contribution in [3.05, 3.63) is 16.1 Å². The monoisotopic (exact) mass is 267 g/mol. The van der Waals surface area contributed by atoms with Crippen LogP contribution in [0, 0.1) is 6.92 Å². The van der Waals surface area contributed by atoms with Gasteiger partial charge in [0.25, 0.3) is 0 Å². The van der Waals surface area contributed by atoms with E-state index in [2.05, 4.69) is 10.3 Å². The van der Waals surface area contributed by atoms with Crippen molar-refractivity contribution in [2.24, 2.45) is 0 Å². The van der Waals surface area contributed by atoms with Crippen molar-refractivity contribution in [3.63, 3.8) is 0 Å². The number of thiazole rings is 1. The molecule has 2 rings (SSSR count). The lowest BCUT2D eigenvalue weighted by atomic mass is 10.2. The first-order valence-corrected chi connectivity index (χ1v) is 6.92. The second-order valence-electron chi connectivity index (χ2n) is 4.37. The van der Waals surface area contributed by atoms with Crippen LogP contribution in [0.2, 0.25) is 0 Å². The van der Waals surface area contributed by atoms with Gasteiger partial charge in [0, 0.05) is 24.2 Å². The number of nitrogens with zero attached hydrogens (tertiary/aromatic N) is 2. The smallest absolute Gasteiger partial charge is 0.246 e. The largest absolute Gasteiger partial charge is 0.300 e. The van der Waals surface area contributed by atoms with E-state index in [0.29, 0.717) is 13.1 Å². The van der Waals surface area contributed by atoms with Crippen LogP contribution in [0.25, 0.3) is 0 Å². The van der Waals surface area contributed by atoms with E-state index in [1.165, 1.54) is 4.90 Å². The molecule has 0 aliphatic carbocycles. The minimum Gasteiger partial charge on any atom is -0.300 e. The van der Waals surface area contributed by atoms with Crippen LogP contribution in [0.1, 0.15) is 29.7 Å². The molecule has 18 heavy (non-hydrogen) atoms. The van der Waals surface area contributed by atoms with Crippen molar-refractivity contribution in [1.29, 1.82) is 0 Å². The lowest BCUT2D eigenvalue weighted by Crippen LogP contribution is -2.38. The number of carbonyl (C=O) groups is 2. The van der Waals surface area contributed by atoms with Crippen LogP contribution >= 0.6 is 11.3 Å². The zero-order chi connectivity index (χ0) is 13.1. The molecule has 0 aromatic carbocycles. The van der Waals surface area contributed by atoms with E-state index in [-0.39, 0.29) is 24.3 Å². The van der Waals surface area contributed by atoms with Crippen LogP contribution in [0.4, 0.5) is 0 Å². The molecule has 98 valence electrons. The summed E-state index contributed by atoms with van der Waals surface area (Å²) in [5.74, 6) is -0.164. The highest BCUT2D eigenvalue weighted by molar-refractivity contribution is 7.11. The summed E-state index contributed by atoms with van der Waals surface area (Å²) >= 11 is 1.60. The minimum atomic E-state index is -0.369. The van der Waals surface area contributed by atoms with Gasteiger partial charge >= 0.3 is 0 Å². The number of aromatic nitrogens is 1. The Labute approximate surface area is 110 Å². The lowest BCUT2D eigenvalue weighted by molar-refractivity contribution is -0.138. The molecule has 1 saturated heterocycles. The molecule has 1 aromatic rings. The van der Waals surface area contributed by atoms with Gasteiger partial charge in [-0.15, -0.1) is 11.3 Å². The Morgan fingerprint density at radius 1 is 1.56 bits per heavy atom. The minimum absolute atomic E-state index is 0.0696. The van der Waals surface area contributed by atoms with Crippen molar-refractivity contribution in [2.75, 3.05) is 6.54 Å². The van der Waals surface area contributed by atoms with Gasteiger partial charge in [-0.1, -0.05) is 6.92 Å². The molecule has 6 heteroatoms. The third-order valence-electron chi connectivity index (χ3n) is 2.88. The second kappa shape index (κ2) is 5.58. The summed E-state index contributed by atoms with van der Waals surface area (Å²) in [7, 11) is 0. The van der Waals surface area contributed by atoms with E-state index in [9.17, 15) is 9.59 Å². The van der Waals surface area contributed by atoms with Crippen LogP contribution in [-0.2, 0) is 16.1 Å². The molecule has 1 fully saturated rings. The number of imide groups is 1. The standard InChI is InChI=1S/C12H17N3O2S/c1-3-4-15-11(16)5-10(12(15)17)14-7-9-6-13-8(2)18-9/h6,10,14H,3-5,7H2,1-2H3. The summed E-state index contributed by atoms with van der Waals surface area (Å²) in [6.07, 6.45) is 2.88. The average Bonchev–Trinajstić information content (AvgIpc) is 2.86. The van der Waals surface area contributed by atoms with E-state index in [0.717, 1.165) is 16.3 Å². The van der Waals surface area contributed by atoms with Gasteiger partial charge in [0.1, 0.15) is 0 Å². The molecule has 1 aliphatic heterocycles. The van der Waals surface area contributed by atoms with Crippen molar-refractivity contribution in [2.45, 2.75) is 39.3 Å². The Kier molecular flexibility index (Phi) is 4.08. The molecule has 5 nitrogen and oxygen atoms in total. The van der Waals surface area contributed by atoms with Crippen LogP contribution < -0.4 is 5.32 Å². The van der Waals surface area contributed by atoms with E-state index in [1.54, 1.807) is 17.5 Å². The first kappa shape index (κ1) is 13.2. The van der Waals surface area contributed by atoms with E-state index >= 15 is 0 Å². The zero-order valence-corrected chi connectivity index (χ0v) is 11.4. The number of nitrogens with one attached hydrogen (secondary N) is 1. The fourth-order valence-electron chi connectivity index (χ4n) is 2.01. The summed E-state index contributed by atoms with van der Waals surface area (Å²) in [5, 5.41) is 4.15. The van der Waals surface area contributed by atoms with Crippen molar-refractivity contribution in [3.8, 4) is 0 Å². The van der Waals surface area contributed by atoms with Gasteiger partial charge in [-0.25, -0.2) is 4.98 Å². The van der Waals surface area contributed by atoms with Gasteiger partial charge in [0.15, 0.2) is 0 Å². The Bertz CT molecular complexity index is 458. The first-order chi connectivity index (χ1) is 8.61. The molecule has 1 aliphatic rings. The maximum Gasteiger partial charge on any atom is 0.246 e. The van der Waals surface area contributed by atoms with Crippen molar-refractivity contribution in [1.82, 2.24) is 15.2 Å². The van der Waals surface area contributed by atoms with Gasteiger partial charge in [-0.2, -0.15) is 0 Å². The van der Waals surface area contributed by atoms with Crippen LogP contribution in [0.5, 0.6) is 0 Å². The molecule has 2 heterocycles. The van der Waals surface area contributed by atoms with Gasteiger partial charge in [-0.05, 0) is 13.3 Å². The summed E-state index contributed by atoms with van der Waals surface area (Å²) in [6, 6.07) is -0.369. The number of hydrogen-bond donors (Lipinski definition) is 1. The number of aryl methyl sites for hydroxylation is 1. The molecule has 0 bridgehead atoms. The van der Waals surface area contributed by atoms with Crippen LogP contribution in [-0.4, -0.2) is 34.3 Å². The third kappa shape index (κ3) is 2.76. The Morgan fingerprint density at radius 3 is 2.94 bits per heavy atom. The second-order valence-corrected chi connectivity index (χ2v) is 5.69. The van der Waals surface area contributed by atoms with E-state index in [1.807, 2.05) is 13.8 Å². The summed E-state index contributed by atoms with van der Waals surface area (Å²) in [4.78, 5) is 30.2. The van der Waals surface area contributed by atoms with Gasteiger partial charge in [0.2, 0.25) is 11.8 Å². The molecule has 2 amide bonds. The highest BCUT2D eigenvalue weighted by atomic mass is 32.1. The molecule has 0 spiro atoms. The topological polar surface area (TPSA) is 62.3 Å². The number of hydrogen-bond acceptors (Lipinski definition) is 5. The normalized spacial score (nSPS) is 19.9. The Hall–Kier alpha value is -1.27. The van der Waals surface area contributed by atoms with E-state index in [4.69, 9.17) is 0 Å². The lowest BCUT2D eigenvalue weighted by Gasteiger charge is -2.13. The van der Waals surface area contributed by atoms with Crippen molar-refractivity contribution < 1.29 is 9.59 Å². The summed E-state index contributed by atoms with van der Waals surface area (Å²) < 4.78 is 0. The van der Waals surface area contributed by atoms with Gasteiger partial charge < -0.3 is 5.32 Å². The van der Waals surface area contributed by atoms with Crippen LogP contribution in [0.3, 0.4) is 0 Å². The number of amides is 2. The Morgan fingerprint density at radius 2 is 2.33 bits per heavy atom. The quantitative estimate of drug-likeness (QED) is 0.811. The number of rotatable bonds is 5. The summed E-state index contributed by atoms with van der Waals surface area (Å²) in [6.45, 7) is 5.02. The Balaban J connectivity index is 1.91. The maximum absolute atomic E-state index is 12.0. The molecule has 1 unspecified atom stereocenters. The molecule has 1 N–H and O–H groups in total. The van der Waals surface area contributed by atoms with Gasteiger partial charge in [0.05, 0.1) is 17.5 Å². The maximum atomic E-state index is 12.0.